The number of hydrogen-bond acceptors (Lipinski definition) is 3. The van der Waals surface area contributed by atoms with E-state index in [1.165, 1.54) is 0 Å². The van der Waals surface area contributed by atoms with E-state index >= 15 is 0 Å². The summed E-state index contributed by atoms with van der Waals surface area (Å²) < 4.78 is 3.95. The maximum atomic E-state index is 4.78. The van der Waals surface area contributed by atoms with Crippen molar-refractivity contribution in [2.24, 2.45) is 0 Å². The molecule has 0 spiro atoms. The Morgan fingerprint density at radius 1 is 0.792 bits per heavy atom. The first-order chi connectivity index (χ1) is 11.5. The average Bonchev–Trinajstić information content (AvgIpc) is 3.19. The van der Waals surface area contributed by atoms with Crippen molar-refractivity contribution in [1.82, 2.24) is 19.6 Å². The number of aromatic nitrogens is 4. The Kier molecular flexibility index (Phi) is 4.81. The van der Waals surface area contributed by atoms with E-state index in [1.54, 1.807) is 0 Å². The third-order valence-electron chi connectivity index (χ3n) is 4.16. The van der Waals surface area contributed by atoms with E-state index in [1.807, 2.05) is 40.0 Å². The van der Waals surface area contributed by atoms with Crippen LogP contribution in [0.2, 0.25) is 0 Å². The predicted octanol–water partition coefficient (Wildman–Crippen LogP) is 4.71. The Balaban J connectivity index is 2.11. The third-order valence-corrected chi connectivity index (χ3v) is 4.56. The number of hydrogen-bond donors (Lipinski definition) is 1. The second kappa shape index (κ2) is 6.85. The molecule has 24 heavy (non-hydrogen) atoms. The zero-order valence-corrected chi connectivity index (χ0v) is 15.5. The summed E-state index contributed by atoms with van der Waals surface area (Å²) in [4.78, 5) is 0.936. The summed E-state index contributed by atoms with van der Waals surface area (Å²) in [5.74, 6) is 0.781. The van der Waals surface area contributed by atoms with Gasteiger partial charge in [-0.15, -0.1) is 12.6 Å². The van der Waals surface area contributed by atoms with Crippen LogP contribution in [0.15, 0.2) is 53.7 Å². The quantitative estimate of drug-likeness (QED) is 0.683. The highest BCUT2D eigenvalue weighted by atomic mass is 32.1. The normalized spacial score (nSPS) is 11.8. The Bertz CT molecular complexity index is 770. The zero-order valence-electron chi connectivity index (χ0n) is 14.6. The lowest BCUT2D eigenvalue weighted by molar-refractivity contribution is 0.406. The van der Waals surface area contributed by atoms with Gasteiger partial charge in [0.1, 0.15) is 0 Å². The summed E-state index contributed by atoms with van der Waals surface area (Å²) in [6, 6.07) is 12.3. The van der Waals surface area contributed by atoms with Gasteiger partial charge >= 0.3 is 0 Å². The molecule has 0 atom stereocenters. The van der Waals surface area contributed by atoms with Crippen molar-refractivity contribution in [3.63, 3.8) is 0 Å². The second-order valence-corrected chi connectivity index (χ2v) is 7.16. The second-order valence-electron chi connectivity index (χ2n) is 6.68. The maximum Gasteiger partial charge on any atom is 0.169 e. The lowest BCUT2D eigenvalue weighted by Gasteiger charge is -2.20. The molecule has 0 radical (unpaired) electrons. The van der Waals surface area contributed by atoms with Crippen molar-refractivity contribution in [3.05, 3.63) is 65.7 Å². The zero-order chi connectivity index (χ0) is 17.3. The SMILES string of the molecule is CC(C)c1ccn(C(c2ccccc2S)n2ccc(C(C)C)n2)n1. The van der Waals surface area contributed by atoms with Gasteiger partial charge in [0.15, 0.2) is 6.17 Å². The topological polar surface area (TPSA) is 35.6 Å². The van der Waals surface area contributed by atoms with Crippen molar-refractivity contribution < 1.29 is 0 Å². The van der Waals surface area contributed by atoms with Crippen LogP contribution in [0.1, 0.15) is 62.6 Å². The van der Waals surface area contributed by atoms with E-state index in [0.29, 0.717) is 11.8 Å². The molecule has 5 heteroatoms. The first-order valence-corrected chi connectivity index (χ1v) is 8.80. The van der Waals surface area contributed by atoms with E-state index in [-0.39, 0.29) is 6.17 Å². The number of rotatable bonds is 5. The Hall–Kier alpha value is -2.01. The molecule has 2 aromatic heterocycles. The van der Waals surface area contributed by atoms with Gasteiger partial charge in [-0.1, -0.05) is 45.9 Å². The maximum absolute atomic E-state index is 4.78. The van der Waals surface area contributed by atoms with Gasteiger partial charge in [0.25, 0.3) is 0 Å². The molecule has 4 nitrogen and oxygen atoms in total. The smallest absolute Gasteiger partial charge is 0.169 e. The van der Waals surface area contributed by atoms with Gasteiger partial charge in [-0.2, -0.15) is 10.2 Å². The highest BCUT2D eigenvalue weighted by molar-refractivity contribution is 7.80. The van der Waals surface area contributed by atoms with Crippen LogP contribution < -0.4 is 0 Å². The predicted molar refractivity (Wildman–Crippen MR) is 99.9 cm³/mol. The van der Waals surface area contributed by atoms with Crippen LogP contribution in [0, 0.1) is 0 Å². The van der Waals surface area contributed by atoms with Crippen molar-refractivity contribution in [1.29, 1.82) is 0 Å². The minimum absolute atomic E-state index is 0.140. The lowest BCUT2D eigenvalue weighted by Crippen LogP contribution is -2.21. The van der Waals surface area contributed by atoms with Crippen molar-refractivity contribution in [3.8, 4) is 0 Å². The molecule has 3 rings (SSSR count). The van der Waals surface area contributed by atoms with E-state index in [2.05, 4.69) is 58.5 Å². The average molecular weight is 340 g/mol. The van der Waals surface area contributed by atoms with Crippen LogP contribution >= 0.6 is 12.6 Å². The van der Waals surface area contributed by atoms with Crippen LogP contribution in [0.3, 0.4) is 0 Å². The van der Waals surface area contributed by atoms with Gasteiger partial charge in [-0.3, -0.25) is 0 Å². The molecule has 0 bridgehead atoms. The molecular formula is C19H24N4S. The Morgan fingerprint density at radius 3 is 1.71 bits per heavy atom. The van der Waals surface area contributed by atoms with Crippen LogP contribution in [0.5, 0.6) is 0 Å². The first-order valence-electron chi connectivity index (χ1n) is 8.35. The van der Waals surface area contributed by atoms with Gasteiger partial charge in [-0.05, 0) is 30.0 Å². The fraction of sp³-hybridized carbons (Fsp3) is 0.368. The molecule has 0 saturated heterocycles. The number of benzene rings is 1. The molecule has 126 valence electrons. The van der Waals surface area contributed by atoms with Crippen molar-refractivity contribution in [2.75, 3.05) is 0 Å². The highest BCUT2D eigenvalue weighted by Crippen LogP contribution is 2.27. The fourth-order valence-corrected chi connectivity index (χ4v) is 2.98. The largest absolute Gasteiger partial charge is 0.243 e. The molecule has 0 fully saturated rings. The molecule has 0 aliphatic rings. The summed E-state index contributed by atoms with van der Waals surface area (Å²) >= 11 is 4.65. The lowest BCUT2D eigenvalue weighted by atomic mass is 10.1. The minimum atomic E-state index is -0.140. The molecule has 0 unspecified atom stereocenters. The van der Waals surface area contributed by atoms with Crippen LogP contribution in [0.4, 0.5) is 0 Å². The Morgan fingerprint density at radius 2 is 1.29 bits per heavy atom. The first kappa shape index (κ1) is 16.8. The molecule has 0 aliphatic heterocycles. The van der Waals surface area contributed by atoms with E-state index in [0.717, 1.165) is 21.8 Å². The Labute approximate surface area is 148 Å². The fourth-order valence-electron chi connectivity index (χ4n) is 2.71. The summed E-state index contributed by atoms with van der Waals surface area (Å²) in [6.45, 7) is 8.61. The van der Waals surface area contributed by atoms with Crippen molar-refractivity contribution in [2.45, 2.75) is 50.6 Å². The summed E-state index contributed by atoms with van der Waals surface area (Å²) in [7, 11) is 0. The number of nitrogens with zero attached hydrogens (tertiary/aromatic N) is 4. The molecule has 0 saturated carbocycles. The third kappa shape index (κ3) is 3.26. The molecule has 0 amide bonds. The summed E-state index contributed by atoms with van der Waals surface area (Å²) in [5, 5.41) is 9.56. The molecule has 1 aromatic carbocycles. The standard InChI is InChI=1S/C19H24N4S/c1-13(2)16-9-11-22(20-16)19(15-7-5-6-8-18(15)24)23-12-10-17(21-23)14(3)4/h5-14,19,24H,1-4H3. The van der Waals surface area contributed by atoms with Crippen LogP contribution in [0.25, 0.3) is 0 Å². The minimum Gasteiger partial charge on any atom is -0.243 e. The molecular weight excluding hydrogens is 316 g/mol. The van der Waals surface area contributed by atoms with Gasteiger partial charge in [0.05, 0.1) is 11.4 Å². The molecule has 3 aromatic rings. The number of thiol groups is 1. The summed E-state index contributed by atoms with van der Waals surface area (Å²) in [5.41, 5.74) is 3.23. The molecule has 0 N–H and O–H groups in total. The van der Waals surface area contributed by atoms with Gasteiger partial charge < -0.3 is 0 Å². The summed E-state index contributed by atoms with van der Waals surface area (Å²) in [6.07, 6.45) is 3.91. The van der Waals surface area contributed by atoms with Gasteiger partial charge in [0, 0.05) is 22.9 Å². The van der Waals surface area contributed by atoms with E-state index < -0.39 is 0 Å². The van der Waals surface area contributed by atoms with Crippen LogP contribution in [-0.4, -0.2) is 19.6 Å². The highest BCUT2D eigenvalue weighted by Gasteiger charge is 2.21. The van der Waals surface area contributed by atoms with E-state index in [4.69, 9.17) is 10.2 Å². The molecule has 0 aliphatic carbocycles. The van der Waals surface area contributed by atoms with E-state index in [9.17, 15) is 0 Å². The monoisotopic (exact) mass is 340 g/mol. The molecule has 2 heterocycles. The van der Waals surface area contributed by atoms with Gasteiger partial charge in [-0.25, -0.2) is 9.36 Å². The van der Waals surface area contributed by atoms with Crippen LogP contribution in [-0.2, 0) is 0 Å². The van der Waals surface area contributed by atoms with Crippen molar-refractivity contribution >= 4 is 12.6 Å². The van der Waals surface area contributed by atoms with Gasteiger partial charge in [0.2, 0.25) is 0 Å².